The first-order valence-electron chi connectivity index (χ1n) is 7.40. The number of amides is 1. The molecule has 0 radical (unpaired) electrons. The summed E-state index contributed by atoms with van der Waals surface area (Å²) in [4.78, 5) is 16.6. The van der Waals surface area contributed by atoms with Gasteiger partial charge in [0.1, 0.15) is 29.7 Å². The van der Waals surface area contributed by atoms with Gasteiger partial charge in [0.25, 0.3) is 5.91 Å². The molecule has 0 aliphatic carbocycles. The second-order valence-electron chi connectivity index (χ2n) is 5.43. The van der Waals surface area contributed by atoms with Gasteiger partial charge in [-0.1, -0.05) is 35.0 Å². The van der Waals surface area contributed by atoms with Crippen molar-refractivity contribution in [2.24, 2.45) is 0 Å². The summed E-state index contributed by atoms with van der Waals surface area (Å²) < 4.78 is 6.87. The van der Waals surface area contributed by atoms with E-state index in [9.17, 15) is 4.79 Å². The smallest absolute Gasteiger partial charge is 0.257 e. The number of nitrogens with one attached hydrogen (secondary N) is 1. The Morgan fingerprint density at radius 1 is 1.42 bits per heavy atom. The first kappa shape index (κ1) is 16.2. The highest BCUT2D eigenvalue weighted by Gasteiger charge is 2.24. The summed E-state index contributed by atoms with van der Waals surface area (Å²) in [5, 5.41) is 11.5. The minimum absolute atomic E-state index is 0.146. The number of halogens is 1. The molecule has 0 fully saturated rings. The van der Waals surface area contributed by atoms with Gasteiger partial charge in [-0.25, -0.2) is 4.98 Å². The highest BCUT2D eigenvalue weighted by molar-refractivity contribution is 6.33. The van der Waals surface area contributed by atoms with E-state index in [0.29, 0.717) is 34.1 Å². The van der Waals surface area contributed by atoms with E-state index in [4.69, 9.17) is 16.1 Å². The SMILES string of the molecule is Cc1onc(-c2ccccc2Cl)c1C(=O)NC(C)Cn1cncn1. The Kier molecular flexibility index (Phi) is 4.61. The monoisotopic (exact) mass is 345 g/mol. The molecular formula is C16H16ClN5O2. The Labute approximate surface area is 143 Å². The van der Waals surface area contributed by atoms with Crippen molar-refractivity contribution in [3.63, 3.8) is 0 Å². The maximum absolute atomic E-state index is 12.7. The van der Waals surface area contributed by atoms with Crippen molar-refractivity contribution < 1.29 is 9.32 Å². The van der Waals surface area contributed by atoms with Crippen molar-refractivity contribution in [3.8, 4) is 11.3 Å². The molecule has 2 heterocycles. The lowest BCUT2D eigenvalue weighted by atomic mass is 10.1. The lowest BCUT2D eigenvalue weighted by Gasteiger charge is -2.13. The first-order valence-corrected chi connectivity index (χ1v) is 7.78. The van der Waals surface area contributed by atoms with E-state index in [1.807, 2.05) is 19.1 Å². The van der Waals surface area contributed by atoms with Gasteiger partial charge >= 0.3 is 0 Å². The fraction of sp³-hybridized carbons (Fsp3) is 0.250. The summed E-state index contributed by atoms with van der Waals surface area (Å²) in [6.07, 6.45) is 3.05. The average Bonchev–Trinajstić information content (AvgIpc) is 3.17. The molecule has 2 aromatic heterocycles. The molecule has 1 amide bonds. The van der Waals surface area contributed by atoms with Crippen LogP contribution in [0.3, 0.4) is 0 Å². The predicted octanol–water partition coefficient (Wildman–Crippen LogP) is 2.71. The highest BCUT2D eigenvalue weighted by atomic mass is 35.5. The molecule has 124 valence electrons. The number of hydrogen-bond acceptors (Lipinski definition) is 5. The van der Waals surface area contributed by atoms with Gasteiger partial charge in [0.05, 0.1) is 11.6 Å². The average molecular weight is 346 g/mol. The summed E-state index contributed by atoms with van der Waals surface area (Å²) >= 11 is 6.21. The van der Waals surface area contributed by atoms with E-state index in [-0.39, 0.29) is 11.9 Å². The lowest BCUT2D eigenvalue weighted by Crippen LogP contribution is -2.36. The molecule has 0 saturated carbocycles. The summed E-state index contributed by atoms with van der Waals surface area (Å²) in [6, 6.07) is 7.05. The van der Waals surface area contributed by atoms with Crippen LogP contribution in [0.4, 0.5) is 0 Å². The van der Waals surface area contributed by atoms with E-state index >= 15 is 0 Å². The standard InChI is InChI=1S/C16H16ClN5O2/c1-10(7-22-9-18-8-19-22)20-16(23)14-11(2)24-21-15(14)12-5-3-4-6-13(12)17/h3-6,8-10H,7H2,1-2H3,(H,20,23). The largest absolute Gasteiger partial charge is 0.360 e. The summed E-state index contributed by atoms with van der Waals surface area (Å²) in [5.41, 5.74) is 1.47. The molecule has 0 aliphatic heterocycles. The number of aryl methyl sites for hydroxylation is 1. The molecule has 1 unspecified atom stereocenters. The zero-order valence-corrected chi connectivity index (χ0v) is 14.0. The third-order valence-corrected chi connectivity index (χ3v) is 3.85. The third kappa shape index (κ3) is 3.30. The van der Waals surface area contributed by atoms with Crippen molar-refractivity contribution in [2.45, 2.75) is 26.4 Å². The minimum Gasteiger partial charge on any atom is -0.360 e. The number of rotatable bonds is 5. The van der Waals surface area contributed by atoms with E-state index in [2.05, 4.69) is 20.6 Å². The van der Waals surface area contributed by atoms with Gasteiger partial charge < -0.3 is 9.84 Å². The molecule has 3 aromatic rings. The second kappa shape index (κ2) is 6.84. The normalized spacial score (nSPS) is 12.1. The van der Waals surface area contributed by atoms with Crippen LogP contribution in [-0.2, 0) is 6.54 Å². The lowest BCUT2D eigenvalue weighted by molar-refractivity contribution is 0.0935. The zero-order valence-electron chi connectivity index (χ0n) is 13.2. The van der Waals surface area contributed by atoms with Gasteiger partial charge in [0, 0.05) is 11.6 Å². The highest BCUT2D eigenvalue weighted by Crippen LogP contribution is 2.30. The van der Waals surface area contributed by atoms with Crippen LogP contribution >= 0.6 is 11.6 Å². The van der Waals surface area contributed by atoms with Crippen LogP contribution in [0.25, 0.3) is 11.3 Å². The maximum Gasteiger partial charge on any atom is 0.257 e. The van der Waals surface area contributed by atoms with E-state index < -0.39 is 0 Å². The van der Waals surface area contributed by atoms with Crippen molar-refractivity contribution >= 4 is 17.5 Å². The van der Waals surface area contributed by atoms with Crippen molar-refractivity contribution in [2.75, 3.05) is 0 Å². The van der Waals surface area contributed by atoms with Crippen LogP contribution in [0.2, 0.25) is 5.02 Å². The number of benzene rings is 1. The minimum atomic E-state index is -0.267. The van der Waals surface area contributed by atoms with Gasteiger partial charge in [-0.3, -0.25) is 9.48 Å². The summed E-state index contributed by atoms with van der Waals surface area (Å²) in [6.45, 7) is 4.10. The van der Waals surface area contributed by atoms with Crippen molar-refractivity contribution in [3.05, 3.63) is 53.3 Å². The molecule has 3 rings (SSSR count). The molecule has 24 heavy (non-hydrogen) atoms. The maximum atomic E-state index is 12.7. The van der Waals surface area contributed by atoms with Crippen LogP contribution in [0.15, 0.2) is 41.4 Å². The van der Waals surface area contributed by atoms with Gasteiger partial charge in [-0.2, -0.15) is 5.10 Å². The summed E-state index contributed by atoms with van der Waals surface area (Å²) in [7, 11) is 0. The molecule has 1 N–H and O–H groups in total. The van der Waals surface area contributed by atoms with Crippen LogP contribution in [0, 0.1) is 6.92 Å². The van der Waals surface area contributed by atoms with Gasteiger partial charge in [-0.15, -0.1) is 0 Å². The van der Waals surface area contributed by atoms with Crippen molar-refractivity contribution in [1.29, 1.82) is 0 Å². The molecule has 0 saturated heterocycles. The Morgan fingerprint density at radius 3 is 2.92 bits per heavy atom. The van der Waals surface area contributed by atoms with Gasteiger partial charge in [0.15, 0.2) is 0 Å². The second-order valence-corrected chi connectivity index (χ2v) is 5.84. The zero-order chi connectivity index (χ0) is 17.1. The third-order valence-electron chi connectivity index (χ3n) is 3.52. The molecule has 7 nitrogen and oxygen atoms in total. The molecule has 0 spiro atoms. The number of hydrogen-bond donors (Lipinski definition) is 1. The topological polar surface area (TPSA) is 85.8 Å². The Morgan fingerprint density at radius 2 is 2.21 bits per heavy atom. The van der Waals surface area contributed by atoms with Crippen LogP contribution in [0.1, 0.15) is 23.0 Å². The van der Waals surface area contributed by atoms with Gasteiger partial charge in [-0.05, 0) is 19.9 Å². The number of carbonyl (C=O) groups excluding carboxylic acids is 1. The first-order chi connectivity index (χ1) is 11.6. The van der Waals surface area contributed by atoms with Crippen molar-refractivity contribution in [1.82, 2.24) is 25.2 Å². The van der Waals surface area contributed by atoms with E-state index in [1.54, 1.807) is 30.1 Å². The molecule has 8 heteroatoms. The van der Waals surface area contributed by atoms with E-state index in [1.165, 1.54) is 6.33 Å². The Bertz CT molecular complexity index is 844. The number of carbonyl (C=O) groups is 1. The number of nitrogens with zero attached hydrogens (tertiary/aromatic N) is 4. The van der Waals surface area contributed by atoms with Crippen LogP contribution in [0.5, 0.6) is 0 Å². The fourth-order valence-corrected chi connectivity index (χ4v) is 2.65. The molecule has 0 bridgehead atoms. The molecule has 1 atom stereocenters. The molecular weight excluding hydrogens is 330 g/mol. The summed E-state index contributed by atoms with van der Waals surface area (Å²) in [5.74, 6) is 0.173. The fourth-order valence-electron chi connectivity index (χ4n) is 2.43. The van der Waals surface area contributed by atoms with Gasteiger partial charge in [0.2, 0.25) is 0 Å². The van der Waals surface area contributed by atoms with E-state index in [0.717, 1.165) is 0 Å². The molecule has 1 aromatic carbocycles. The Balaban J connectivity index is 1.83. The quantitative estimate of drug-likeness (QED) is 0.768. The Hall–Kier alpha value is -2.67. The predicted molar refractivity (Wildman–Crippen MR) is 88.6 cm³/mol. The molecule has 0 aliphatic rings. The number of aromatic nitrogens is 4. The van der Waals surface area contributed by atoms with Crippen LogP contribution < -0.4 is 5.32 Å². The van der Waals surface area contributed by atoms with Crippen LogP contribution in [-0.4, -0.2) is 31.9 Å².